The van der Waals surface area contributed by atoms with Gasteiger partial charge in [0.2, 0.25) is 5.91 Å². The minimum atomic E-state index is -0.687. The molecule has 0 N–H and O–H groups in total. The molecule has 0 bridgehead atoms. The van der Waals surface area contributed by atoms with E-state index < -0.39 is 5.41 Å². The van der Waals surface area contributed by atoms with Crippen molar-refractivity contribution in [3.63, 3.8) is 0 Å². The first-order valence-corrected chi connectivity index (χ1v) is 5.46. The van der Waals surface area contributed by atoms with Crippen LogP contribution < -0.4 is 0 Å². The zero-order valence-corrected chi connectivity index (χ0v) is 9.03. The molecule has 2 aliphatic rings. The first kappa shape index (κ1) is 10.4. The molecule has 82 valence electrons. The lowest BCUT2D eigenvalue weighted by molar-refractivity contribution is -0.135. The molecule has 2 fully saturated rings. The Morgan fingerprint density at radius 3 is 2.87 bits per heavy atom. The number of ether oxygens (including phenoxy) is 1. The SMILES string of the molecule is CN(CC1CCCO1)C(=O)C1(C#N)CC1. The van der Waals surface area contributed by atoms with Crippen LogP contribution in [-0.2, 0) is 9.53 Å². The highest BCUT2D eigenvalue weighted by Crippen LogP contribution is 2.46. The van der Waals surface area contributed by atoms with Crippen LogP contribution >= 0.6 is 0 Å². The Hall–Kier alpha value is -1.08. The van der Waals surface area contributed by atoms with Crippen LogP contribution in [0.2, 0.25) is 0 Å². The maximum absolute atomic E-state index is 11.9. The van der Waals surface area contributed by atoms with Gasteiger partial charge in [0, 0.05) is 20.2 Å². The molecule has 0 radical (unpaired) electrons. The van der Waals surface area contributed by atoms with Gasteiger partial charge in [-0.15, -0.1) is 0 Å². The van der Waals surface area contributed by atoms with E-state index in [1.807, 2.05) is 0 Å². The van der Waals surface area contributed by atoms with Crippen LogP contribution in [-0.4, -0.2) is 37.1 Å². The van der Waals surface area contributed by atoms with Crippen molar-refractivity contribution in [2.75, 3.05) is 20.2 Å². The molecule has 4 heteroatoms. The summed E-state index contributed by atoms with van der Waals surface area (Å²) in [6, 6.07) is 2.13. The topological polar surface area (TPSA) is 53.3 Å². The van der Waals surface area contributed by atoms with E-state index in [0.29, 0.717) is 6.54 Å². The van der Waals surface area contributed by atoms with Crippen molar-refractivity contribution >= 4 is 5.91 Å². The molecule has 1 saturated carbocycles. The Bertz CT molecular complexity index is 298. The number of likely N-dealkylation sites (N-methyl/N-ethyl adjacent to an activating group) is 1. The first-order chi connectivity index (χ1) is 7.18. The Balaban J connectivity index is 1.88. The third kappa shape index (κ3) is 1.98. The number of rotatable bonds is 3. The summed E-state index contributed by atoms with van der Waals surface area (Å²) in [5.41, 5.74) is -0.687. The lowest BCUT2D eigenvalue weighted by Crippen LogP contribution is -2.38. The van der Waals surface area contributed by atoms with Gasteiger partial charge in [0.15, 0.2) is 0 Å². The van der Waals surface area contributed by atoms with Crippen LogP contribution in [0.4, 0.5) is 0 Å². The number of amides is 1. The van der Waals surface area contributed by atoms with Gasteiger partial charge >= 0.3 is 0 Å². The van der Waals surface area contributed by atoms with Gasteiger partial charge in [-0.2, -0.15) is 5.26 Å². The van der Waals surface area contributed by atoms with Gasteiger partial charge in [-0.25, -0.2) is 0 Å². The monoisotopic (exact) mass is 208 g/mol. The fourth-order valence-corrected chi connectivity index (χ4v) is 2.04. The van der Waals surface area contributed by atoms with Crippen LogP contribution in [0.25, 0.3) is 0 Å². The smallest absolute Gasteiger partial charge is 0.242 e. The molecule has 1 saturated heterocycles. The molecule has 1 amide bonds. The third-order valence-corrected chi connectivity index (χ3v) is 3.22. The predicted molar refractivity (Wildman–Crippen MR) is 53.9 cm³/mol. The second-order valence-electron chi connectivity index (χ2n) is 4.51. The van der Waals surface area contributed by atoms with Crippen molar-refractivity contribution in [1.29, 1.82) is 5.26 Å². The Morgan fingerprint density at radius 2 is 2.40 bits per heavy atom. The lowest BCUT2D eigenvalue weighted by atomic mass is 10.1. The highest BCUT2D eigenvalue weighted by Gasteiger charge is 2.52. The van der Waals surface area contributed by atoms with E-state index in [0.717, 1.165) is 32.3 Å². The molecular weight excluding hydrogens is 192 g/mol. The molecule has 1 aliphatic carbocycles. The summed E-state index contributed by atoms with van der Waals surface area (Å²) in [6.07, 6.45) is 3.72. The average Bonchev–Trinajstić information content (AvgIpc) is 2.89. The van der Waals surface area contributed by atoms with Crippen molar-refractivity contribution in [3.05, 3.63) is 0 Å². The number of carbonyl (C=O) groups is 1. The van der Waals surface area contributed by atoms with Crippen molar-refractivity contribution in [2.45, 2.75) is 31.8 Å². The molecule has 0 aromatic rings. The van der Waals surface area contributed by atoms with Gasteiger partial charge in [-0.3, -0.25) is 4.79 Å². The number of nitriles is 1. The minimum Gasteiger partial charge on any atom is -0.376 e. The highest BCUT2D eigenvalue weighted by molar-refractivity contribution is 5.88. The van der Waals surface area contributed by atoms with E-state index in [1.165, 1.54) is 0 Å². The fourth-order valence-electron chi connectivity index (χ4n) is 2.04. The second-order valence-corrected chi connectivity index (χ2v) is 4.51. The highest BCUT2D eigenvalue weighted by atomic mass is 16.5. The zero-order valence-electron chi connectivity index (χ0n) is 9.03. The van der Waals surface area contributed by atoms with E-state index in [1.54, 1.807) is 11.9 Å². The number of carbonyl (C=O) groups excluding carboxylic acids is 1. The van der Waals surface area contributed by atoms with Gasteiger partial charge in [0.05, 0.1) is 12.2 Å². The summed E-state index contributed by atoms with van der Waals surface area (Å²) in [5.74, 6) is -0.0273. The van der Waals surface area contributed by atoms with Gasteiger partial charge in [0.1, 0.15) is 5.41 Å². The Kier molecular flexibility index (Phi) is 2.66. The van der Waals surface area contributed by atoms with Crippen LogP contribution in [0.3, 0.4) is 0 Å². The third-order valence-electron chi connectivity index (χ3n) is 3.22. The summed E-state index contributed by atoms with van der Waals surface area (Å²) in [4.78, 5) is 13.6. The molecule has 1 atom stereocenters. The summed E-state index contributed by atoms with van der Waals surface area (Å²) in [5, 5.41) is 8.91. The van der Waals surface area contributed by atoms with Crippen LogP contribution in [0, 0.1) is 16.7 Å². The summed E-state index contributed by atoms with van der Waals surface area (Å²) in [7, 11) is 1.77. The molecule has 0 aromatic heterocycles. The van der Waals surface area contributed by atoms with Gasteiger partial charge in [0.25, 0.3) is 0 Å². The van der Waals surface area contributed by atoms with Crippen molar-refractivity contribution in [2.24, 2.45) is 5.41 Å². The van der Waals surface area contributed by atoms with Gasteiger partial charge in [-0.1, -0.05) is 0 Å². The molecular formula is C11H16N2O2. The van der Waals surface area contributed by atoms with E-state index in [2.05, 4.69) is 6.07 Å². The second kappa shape index (κ2) is 3.82. The number of nitrogens with zero attached hydrogens (tertiary/aromatic N) is 2. The minimum absolute atomic E-state index is 0.0273. The molecule has 4 nitrogen and oxygen atoms in total. The maximum atomic E-state index is 11.9. The quantitative estimate of drug-likeness (QED) is 0.693. The summed E-state index contributed by atoms with van der Waals surface area (Å²) < 4.78 is 5.46. The number of hydrogen-bond donors (Lipinski definition) is 0. The van der Waals surface area contributed by atoms with E-state index in [4.69, 9.17) is 10.00 Å². The van der Waals surface area contributed by atoms with Crippen LogP contribution in [0.15, 0.2) is 0 Å². The van der Waals surface area contributed by atoms with Crippen molar-refractivity contribution < 1.29 is 9.53 Å². The predicted octanol–water partition coefficient (Wildman–Crippen LogP) is 0.928. The van der Waals surface area contributed by atoms with E-state index >= 15 is 0 Å². The normalized spacial score (nSPS) is 27.1. The molecule has 2 rings (SSSR count). The molecule has 15 heavy (non-hydrogen) atoms. The summed E-state index contributed by atoms with van der Waals surface area (Å²) >= 11 is 0. The van der Waals surface area contributed by atoms with Crippen molar-refractivity contribution in [1.82, 2.24) is 4.90 Å². The van der Waals surface area contributed by atoms with Gasteiger partial charge in [-0.05, 0) is 25.7 Å². The molecule has 1 heterocycles. The standard InChI is InChI=1S/C11H16N2O2/c1-13(7-9-3-2-6-15-9)10(14)11(8-12)4-5-11/h9H,2-7H2,1H3. The zero-order chi connectivity index (χ0) is 10.9. The molecule has 0 spiro atoms. The van der Waals surface area contributed by atoms with Crippen LogP contribution in [0.5, 0.6) is 0 Å². The fraction of sp³-hybridized carbons (Fsp3) is 0.818. The Labute approximate surface area is 89.8 Å². The maximum Gasteiger partial charge on any atom is 0.242 e. The van der Waals surface area contributed by atoms with E-state index in [-0.39, 0.29) is 12.0 Å². The summed E-state index contributed by atoms with van der Waals surface area (Å²) in [6.45, 7) is 1.43. The first-order valence-electron chi connectivity index (χ1n) is 5.46. The number of hydrogen-bond acceptors (Lipinski definition) is 3. The van der Waals surface area contributed by atoms with E-state index in [9.17, 15) is 4.79 Å². The average molecular weight is 208 g/mol. The van der Waals surface area contributed by atoms with Crippen LogP contribution in [0.1, 0.15) is 25.7 Å². The largest absolute Gasteiger partial charge is 0.376 e. The molecule has 1 unspecified atom stereocenters. The Morgan fingerprint density at radius 1 is 1.67 bits per heavy atom. The lowest BCUT2D eigenvalue weighted by Gasteiger charge is -2.22. The molecule has 1 aliphatic heterocycles. The molecule has 0 aromatic carbocycles. The van der Waals surface area contributed by atoms with Crippen molar-refractivity contribution in [3.8, 4) is 6.07 Å². The van der Waals surface area contributed by atoms with Gasteiger partial charge < -0.3 is 9.64 Å².